The van der Waals surface area contributed by atoms with E-state index in [1.807, 2.05) is 0 Å². The summed E-state index contributed by atoms with van der Waals surface area (Å²) >= 11 is 0. The molecule has 0 atom stereocenters. The fraction of sp³-hybridized carbons (Fsp3) is 0.361. The molecule has 0 aliphatic heterocycles. The number of hydrogen-bond donors (Lipinski definition) is 3. The zero-order chi connectivity index (χ0) is 37.2. The number of rotatable bonds is 12. The number of anilines is 3. The Morgan fingerprint density at radius 3 is 1.98 bits per heavy atom. The number of esters is 2. The van der Waals surface area contributed by atoms with Crippen molar-refractivity contribution in [3.05, 3.63) is 83.4 Å². The van der Waals surface area contributed by atoms with Crippen LogP contribution in [0.1, 0.15) is 52.7 Å². The Labute approximate surface area is 289 Å². The summed E-state index contributed by atoms with van der Waals surface area (Å²) in [5.74, 6) is -4.02. The van der Waals surface area contributed by atoms with E-state index < -0.39 is 65.8 Å². The molecular weight excluding hydrogens is 654 g/mol. The summed E-state index contributed by atoms with van der Waals surface area (Å²) in [6.45, 7) is 9.32. The highest BCUT2D eigenvalue weighted by Crippen LogP contribution is 2.29. The largest absolute Gasteiger partial charge is 0.483 e. The van der Waals surface area contributed by atoms with Crippen molar-refractivity contribution in [3.63, 3.8) is 0 Å². The van der Waals surface area contributed by atoms with Crippen LogP contribution in [-0.2, 0) is 41.5 Å². The summed E-state index contributed by atoms with van der Waals surface area (Å²) in [5.41, 5.74) is -0.139. The number of benzene rings is 3. The molecule has 14 heteroatoms. The zero-order valence-electron chi connectivity index (χ0n) is 29.1. The Bertz CT molecular complexity index is 1710. The van der Waals surface area contributed by atoms with E-state index in [4.69, 9.17) is 14.2 Å². The Morgan fingerprint density at radius 1 is 0.760 bits per heavy atom. The lowest BCUT2D eigenvalue weighted by molar-refractivity contribution is -0.155. The van der Waals surface area contributed by atoms with Gasteiger partial charge >= 0.3 is 18.0 Å². The number of nitrogens with zero attached hydrogens (tertiary/aromatic N) is 1. The van der Waals surface area contributed by atoms with Crippen molar-refractivity contribution in [2.24, 2.45) is 0 Å². The number of carbonyl (C=O) groups excluding carboxylic acids is 5. The van der Waals surface area contributed by atoms with Gasteiger partial charge in [-0.2, -0.15) is 0 Å². The van der Waals surface area contributed by atoms with Crippen LogP contribution in [0.15, 0.2) is 60.7 Å². The van der Waals surface area contributed by atoms with E-state index in [1.165, 1.54) is 25.2 Å². The average Bonchev–Trinajstić information content (AvgIpc) is 2.97. The fourth-order valence-electron chi connectivity index (χ4n) is 4.47. The minimum Gasteiger partial charge on any atom is -0.483 e. The molecule has 4 amide bonds. The van der Waals surface area contributed by atoms with Gasteiger partial charge in [-0.1, -0.05) is 18.2 Å². The minimum absolute atomic E-state index is 0.00305. The molecule has 268 valence electrons. The maximum absolute atomic E-state index is 13.7. The van der Waals surface area contributed by atoms with Gasteiger partial charge in [0.2, 0.25) is 5.91 Å². The molecule has 3 N–H and O–H groups in total. The van der Waals surface area contributed by atoms with Crippen molar-refractivity contribution >= 4 is 46.8 Å². The van der Waals surface area contributed by atoms with Crippen LogP contribution in [0.2, 0.25) is 0 Å². The van der Waals surface area contributed by atoms with Gasteiger partial charge in [-0.15, -0.1) is 0 Å². The van der Waals surface area contributed by atoms with Gasteiger partial charge in [0.05, 0.1) is 19.4 Å². The molecule has 0 aromatic heterocycles. The molecule has 50 heavy (non-hydrogen) atoms. The van der Waals surface area contributed by atoms with Gasteiger partial charge in [-0.3, -0.25) is 19.2 Å². The number of hydrogen-bond acceptors (Lipinski definition) is 8. The maximum Gasteiger partial charge on any atom is 0.319 e. The van der Waals surface area contributed by atoms with Crippen LogP contribution >= 0.6 is 0 Å². The predicted molar refractivity (Wildman–Crippen MR) is 183 cm³/mol. The number of ether oxygens (including phenoxy) is 3. The van der Waals surface area contributed by atoms with Crippen molar-refractivity contribution in [2.75, 3.05) is 35.7 Å². The van der Waals surface area contributed by atoms with E-state index in [0.29, 0.717) is 17.3 Å². The van der Waals surface area contributed by atoms with Gasteiger partial charge in [0, 0.05) is 35.7 Å². The van der Waals surface area contributed by atoms with Gasteiger partial charge < -0.3 is 35.1 Å². The van der Waals surface area contributed by atoms with Gasteiger partial charge in [0.25, 0.3) is 5.91 Å². The van der Waals surface area contributed by atoms with Crippen molar-refractivity contribution in [1.29, 1.82) is 0 Å². The summed E-state index contributed by atoms with van der Waals surface area (Å²) in [4.78, 5) is 64.4. The molecule has 0 saturated carbocycles. The van der Waals surface area contributed by atoms with E-state index in [1.54, 1.807) is 65.8 Å². The summed E-state index contributed by atoms with van der Waals surface area (Å²) in [5, 5.41) is 7.69. The van der Waals surface area contributed by atoms with Crippen LogP contribution in [0.5, 0.6) is 5.75 Å². The molecule has 0 radical (unpaired) electrons. The Morgan fingerprint density at radius 2 is 1.36 bits per heavy atom. The Hall–Kier alpha value is -5.53. The van der Waals surface area contributed by atoms with Crippen molar-refractivity contribution < 1.29 is 47.0 Å². The summed E-state index contributed by atoms with van der Waals surface area (Å²) in [6.07, 6.45) is -0.348. The van der Waals surface area contributed by atoms with Crippen LogP contribution < -0.4 is 25.6 Å². The van der Waals surface area contributed by atoms with Crippen LogP contribution in [0.3, 0.4) is 0 Å². The molecule has 0 aliphatic carbocycles. The molecule has 0 aliphatic rings. The summed E-state index contributed by atoms with van der Waals surface area (Å²) < 4.78 is 43.9. The first kappa shape index (κ1) is 38.9. The maximum atomic E-state index is 13.7. The fourth-order valence-corrected chi connectivity index (χ4v) is 4.47. The third-order valence-electron chi connectivity index (χ3n) is 6.47. The molecule has 3 rings (SSSR count). The summed E-state index contributed by atoms with van der Waals surface area (Å²) in [7, 11) is 1.32. The molecule has 0 bridgehead atoms. The van der Waals surface area contributed by atoms with E-state index in [0.717, 1.165) is 17.0 Å². The van der Waals surface area contributed by atoms with Crippen molar-refractivity contribution in [3.8, 4) is 5.75 Å². The molecule has 0 fully saturated rings. The predicted octanol–water partition coefficient (Wildman–Crippen LogP) is 5.54. The number of nitrogens with one attached hydrogen (secondary N) is 3. The second-order valence-electron chi connectivity index (χ2n) is 13.2. The van der Waals surface area contributed by atoms with Crippen LogP contribution in [0.25, 0.3) is 0 Å². The lowest BCUT2D eigenvalue weighted by Crippen LogP contribution is -2.36. The molecule has 3 aromatic rings. The number of amides is 4. The van der Waals surface area contributed by atoms with Crippen LogP contribution in [0, 0.1) is 11.6 Å². The molecule has 12 nitrogen and oxygen atoms in total. The van der Waals surface area contributed by atoms with Gasteiger partial charge in [0.15, 0.2) is 6.61 Å². The van der Waals surface area contributed by atoms with Gasteiger partial charge in [0.1, 0.15) is 28.6 Å². The van der Waals surface area contributed by atoms with Crippen LogP contribution in [-0.4, -0.2) is 61.2 Å². The SMILES string of the molecule is CN(C(=O)COc1cccc(NC(=O)CNC(=O)Nc2cccc(CC(=O)OC(C)(C)C)c2)c1CC(=O)OC(C)(C)C)c1cc(F)cc(F)c1. The lowest BCUT2D eigenvalue weighted by atomic mass is 10.1. The second-order valence-corrected chi connectivity index (χ2v) is 13.2. The Balaban J connectivity index is 1.68. The molecule has 0 unspecified atom stereocenters. The number of likely N-dealkylation sites (N-methyl/N-ethyl adjacent to an activating group) is 1. The van der Waals surface area contributed by atoms with Crippen LogP contribution in [0.4, 0.5) is 30.6 Å². The molecule has 0 heterocycles. The van der Waals surface area contributed by atoms with Crippen molar-refractivity contribution in [2.45, 2.75) is 65.6 Å². The van der Waals surface area contributed by atoms with Crippen molar-refractivity contribution in [1.82, 2.24) is 5.32 Å². The highest BCUT2D eigenvalue weighted by molar-refractivity contribution is 5.98. The molecular formula is C36H42F2N4O8. The quantitative estimate of drug-likeness (QED) is 0.209. The normalized spacial score (nSPS) is 11.2. The first-order valence-corrected chi connectivity index (χ1v) is 15.6. The Kier molecular flexibility index (Phi) is 13.0. The number of halogens is 2. The third-order valence-corrected chi connectivity index (χ3v) is 6.47. The second kappa shape index (κ2) is 16.7. The lowest BCUT2D eigenvalue weighted by Gasteiger charge is -2.22. The van der Waals surface area contributed by atoms with E-state index in [9.17, 15) is 32.8 Å². The van der Waals surface area contributed by atoms with Gasteiger partial charge in [-0.25, -0.2) is 13.6 Å². The topological polar surface area (TPSA) is 152 Å². The number of urea groups is 1. The number of carbonyl (C=O) groups is 5. The molecule has 0 spiro atoms. The third kappa shape index (κ3) is 13.2. The minimum atomic E-state index is -0.861. The highest BCUT2D eigenvalue weighted by atomic mass is 19.1. The zero-order valence-corrected chi connectivity index (χ0v) is 29.1. The first-order chi connectivity index (χ1) is 23.3. The standard InChI is InChI=1S/C36H42F2N4O8/c1-35(2,3)49-32(45)15-22-10-8-11-25(14-22)40-34(47)39-20-30(43)41-28-12-9-13-29(27(28)19-33(46)50-36(4,5)6)48-21-31(44)42(7)26-17-23(37)16-24(38)18-26/h8-14,16-18H,15,19-21H2,1-7H3,(H,41,43)(H2,39,40,47). The van der Waals surface area contributed by atoms with E-state index in [2.05, 4.69) is 16.0 Å². The summed E-state index contributed by atoms with van der Waals surface area (Å²) in [6, 6.07) is 13.1. The highest BCUT2D eigenvalue weighted by Gasteiger charge is 2.23. The average molecular weight is 697 g/mol. The smallest absolute Gasteiger partial charge is 0.319 e. The van der Waals surface area contributed by atoms with E-state index >= 15 is 0 Å². The van der Waals surface area contributed by atoms with E-state index in [-0.39, 0.29) is 35.5 Å². The molecule has 0 saturated heterocycles. The monoisotopic (exact) mass is 696 g/mol. The van der Waals surface area contributed by atoms with Gasteiger partial charge in [-0.05, 0) is 83.5 Å². The first-order valence-electron chi connectivity index (χ1n) is 15.6. The molecule has 3 aromatic carbocycles.